The minimum Gasteiger partial charge on any atom is -0.465 e. The van der Waals surface area contributed by atoms with Gasteiger partial charge in [0.1, 0.15) is 6.54 Å². The summed E-state index contributed by atoms with van der Waals surface area (Å²) in [5.74, 6) is -0.367. The number of piperazine rings is 1. The van der Waals surface area contributed by atoms with Gasteiger partial charge in [-0.1, -0.05) is 31.4 Å². The van der Waals surface area contributed by atoms with E-state index in [9.17, 15) is 14.4 Å². The first-order valence-electron chi connectivity index (χ1n) is 11.7. The molecule has 11 heteroatoms. The molecule has 1 saturated heterocycles. The molecular formula is C24H28N6O4S. The maximum atomic E-state index is 13.3. The van der Waals surface area contributed by atoms with Crippen LogP contribution in [0.1, 0.15) is 42.5 Å². The summed E-state index contributed by atoms with van der Waals surface area (Å²) in [6, 6.07) is 8.24. The number of carbonyl (C=O) groups excluding carboxylic acids is 2. The second-order valence-electron chi connectivity index (χ2n) is 8.63. The molecule has 1 saturated carbocycles. The standard InChI is InChI=1S/C24H28N6O4S/c25-10-11-26-22(32)30(19-4-2-1-3-5-19)21(31)18-8-6-17(7-9-18)20-16-35-23(27-20)28-12-14-29(15-13-28)24(33)34/h6-9,16,19H,1-5,11-15H2,(H,26,32)(H,33,34). The molecule has 0 radical (unpaired) electrons. The molecule has 0 bridgehead atoms. The molecule has 4 rings (SSSR count). The van der Waals surface area contributed by atoms with E-state index in [2.05, 4.69) is 10.2 Å². The van der Waals surface area contributed by atoms with Crippen molar-refractivity contribution < 1.29 is 19.5 Å². The molecule has 2 aromatic rings. The van der Waals surface area contributed by atoms with Crippen LogP contribution in [0.2, 0.25) is 0 Å². The number of carboxylic acid groups (broad SMARTS) is 1. The summed E-state index contributed by atoms with van der Waals surface area (Å²) >= 11 is 1.50. The van der Waals surface area contributed by atoms with Crippen LogP contribution in [0.15, 0.2) is 29.6 Å². The van der Waals surface area contributed by atoms with Gasteiger partial charge in [0.05, 0.1) is 11.8 Å². The summed E-state index contributed by atoms with van der Waals surface area (Å²) in [4.78, 5) is 46.6. The molecule has 35 heavy (non-hydrogen) atoms. The highest BCUT2D eigenvalue weighted by molar-refractivity contribution is 7.14. The number of nitrogens with zero attached hydrogens (tertiary/aromatic N) is 5. The molecule has 0 unspecified atom stereocenters. The van der Waals surface area contributed by atoms with E-state index < -0.39 is 12.1 Å². The Morgan fingerprint density at radius 3 is 2.43 bits per heavy atom. The summed E-state index contributed by atoms with van der Waals surface area (Å²) < 4.78 is 0. The fourth-order valence-corrected chi connectivity index (χ4v) is 5.41. The van der Waals surface area contributed by atoms with E-state index in [1.807, 2.05) is 23.6 Å². The smallest absolute Gasteiger partial charge is 0.407 e. The second kappa shape index (κ2) is 11.2. The van der Waals surface area contributed by atoms with Crippen LogP contribution in [0, 0.1) is 11.3 Å². The summed E-state index contributed by atoms with van der Waals surface area (Å²) in [6.07, 6.45) is 3.67. The van der Waals surface area contributed by atoms with Gasteiger partial charge in [0, 0.05) is 48.7 Å². The number of aromatic nitrogens is 1. The van der Waals surface area contributed by atoms with Crippen molar-refractivity contribution in [1.29, 1.82) is 5.26 Å². The molecule has 2 aliphatic rings. The van der Waals surface area contributed by atoms with Crippen LogP contribution < -0.4 is 10.2 Å². The number of urea groups is 1. The first kappa shape index (κ1) is 24.5. The minimum atomic E-state index is -0.899. The second-order valence-corrected chi connectivity index (χ2v) is 9.47. The van der Waals surface area contributed by atoms with E-state index in [-0.39, 0.29) is 18.5 Å². The Morgan fingerprint density at radius 1 is 1.11 bits per heavy atom. The van der Waals surface area contributed by atoms with E-state index >= 15 is 0 Å². The number of thiazole rings is 1. The Bertz CT molecular complexity index is 1100. The Balaban J connectivity index is 1.46. The highest BCUT2D eigenvalue weighted by Gasteiger charge is 2.31. The average Bonchev–Trinajstić information content (AvgIpc) is 3.39. The summed E-state index contributed by atoms with van der Waals surface area (Å²) in [7, 11) is 0. The predicted molar refractivity (Wildman–Crippen MR) is 131 cm³/mol. The zero-order valence-electron chi connectivity index (χ0n) is 19.4. The molecule has 184 valence electrons. The normalized spacial score (nSPS) is 16.4. The predicted octanol–water partition coefficient (Wildman–Crippen LogP) is 3.62. The number of imide groups is 1. The maximum Gasteiger partial charge on any atom is 0.407 e. The monoisotopic (exact) mass is 496 g/mol. The largest absolute Gasteiger partial charge is 0.465 e. The Labute approximate surface area is 207 Å². The van der Waals surface area contributed by atoms with Gasteiger partial charge >= 0.3 is 12.1 Å². The minimum absolute atomic E-state index is 0.147. The van der Waals surface area contributed by atoms with Gasteiger partial charge in [-0.2, -0.15) is 5.26 Å². The number of nitrogens with one attached hydrogen (secondary N) is 1. The van der Waals surface area contributed by atoms with E-state index in [1.54, 1.807) is 12.1 Å². The first-order chi connectivity index (χ1) is 17.0. The number of carbonyl (C=O) groups is 3. The van der Waals surface area contributed by atoms with Gasteiger partial charge in [-0.25, -0.2) is 14.6 Å². The van der Waals surface area contributed by atoms with Gasteiger partial charge < -0.3 is 20.2 Å². The average molecular weight is 497 g/mol. The van der Waals surface area contributed by atoms with Crippen LogP contribution >= 0.6 is 11.3 Å². The van der Waals surface area contributed by atoms with E-state index in [4.69, 9.17) is 15.4 Å². The maximum absolute atomic E-state index is 13.3. The number of rotatable bonds is 5. The van der Waals surface area contributed by atoms with Gasteiger partial charge in [0.25, 0.3) is 5.91 Å². The van der Waals surface area contributed by atoms with Crippen molar-refractivity contribution >= 4 is 34.5 Å². The zero-order chi connectivity index (χ0) is 24.8. The van der Waals surface area contributed by atoms with Gasteiger partial charge in [0.2, 0.25) is 0 Å². The van der Waals surface area contributed by atoms with Gasteiger partial charge in [-0.05, 0) is 25.0 Å². The van der Waals surface area contributed by atoms with Crippen LogP contribution in [0.3, 0.4) is 0 Å². The molecular weight excluding hydrogens is 468 g/mol. The van der Waals surface area contributed by atoms with Crippen molar-refractivity contribution in [2.75, 3.05) is 37.6 Å². The quantitative estimate of drug-likeness (QED) is 0.605. The molecule has 2 fully saturated rings. The van der Waals surface area contributed by atoms with E-state index in [0.717, 1.165) is 48.5 Å². The number of anilines is 1. The van der Waals surface area contributed by atoms with Crippen LogP contribution in [0.25, 0.3) is 11.3 Å². The molecule has 10 nitrogen and oxygen atoms in total. The third-order valence-electron chi connectivity index (χ3n) is 6.44. The Hall–Kier alpha value is -3.65. The molecule has 1 aromatic carbocycles. The highest BCUT2D eigenvalue weighted by atomic mass is 32.1. The van der Waals surface area contributed by atoms with Gasteiger partial charge in [0.15, 0.2) is 5.13 Å². The third-order valence-corrected chi connectivity index (χ3v) is 7.34. The number of hydrogen-bond donors (Lipinski definition) is 2. The van der Waals surface area contributed by atoms with Gasteiger partial charge in [-0.3, -0.25) is 9.69 Å². The highest BCUT2D eigenvalue weighted by Crippen LogP contribution is 2.29. The lowest BCUT2D eigenvalue weighted by atomic mass is 9.93. The van der Waals surface area contributed by atoms with Crippen molar-refractivity contribution in [3.63, 3.8) is 0 Å². The van der Waals surface area contributed by atoms with E-state index in [1.165, 1.54) is 21.1 Å². The topological polar surface area (TPSA) is 130 Å². The lowest BCUT2D eigenvalue weighted by molar-refractivity contribution is 0.0708. The van der Waals surface area contributed by atoms with Crippen molar-refractivity contribution in [3.05, 3.63) is 35.2 Å². The number of hydrogen-bond acceptors (Lipinski definition) is 7. The fourth-order valence-electron chi connectivity index (χ4n) is 4.52. The summed E-state index contributed by atoms with van der Waals surface area (Å²) in [5, 5.41) is 23.2. The summed E-state index contributed by atoms with van der Waals surface area (Å²) in [6.45, 7) is 1.93. The number of amides is 4. The SMILES string of the molecule is N#CCNC(=O)N(C(=O)c1ccc(-c2csc(N3CCN(C(=O)O)CC3)n2)cc1)C1CCCCC1. The van der Waals surface area contributed by atoms with Crippen molar-refractivity contribution in [1.82, 2.24) is 20.1 Å². The molecule has 4 amide bonds. The molecule has 0 atom stereocenters. The van der Waals surface area contributed by atoms with Gasteiger partial charge in [-0.15, -0.1) is 11.3 Å². The van der Waals surface area contributed by atoms with Crippen LogP contribution in [-0.4, -0.2) is 76.7 Å². The fraction of sp³-hybridized carbons (Fsp3) is 0.458. The lowest BCUT2D eigenvalue weighted by Crippen LogP contribution is -2.50. The molecule has 1 aliphatic heterocycles. The Morgan fingerprint density at radius 2 is 1.80 bits per heavy atom. The van der Waals surface area contributed by atoms with E-state index in [0.29, 0.717) is 31.7 Å². The van der Waals surface area contributed by atoms with Crippen LogP contribution in [-0.2, 0) is 0 Å². The zero-order valence-corrected chi connectivity index (χ0v) is 20.2. The van der Waals surface area contributed by atoms with Crippen LogP contribution in [0.5, 0.6) is 0 Å². The van der Waals surface area contributed by atoms with Crippen LogP contribution in [0.4, 0.5) is 14.7 Å². The molecule has 1 aliphatic carbocycles. The summed E-state index contributed by atoms with van der Waals surface area (Å²) in [5.41, 5.74) is 2.04. The molecule has 2 N–H and O–H groups in total. The first-order valence-corrected chi connectivity index (χ1v) is 12.6. The molecule has 0 spiro atoms. The molecule has 2 heterocycles. The lowest BCUT2D eigenvalue weighted by Gasteiger charge is -2.32. The third kappa shape index (κ3) is 5.71. The number of nitriles is 1. The van der Waals surface area contributed by atoms with Crippen molar-refractivity contribution in [2.24, 2.45) is 0 Å². The number of benzene rings is 1. The molecule has 1 aromatic heterocycles. The van der Waals surface area contributed by atoms with Crippen molar-refractivity contribution in [3.8, 4) is 17.3 Å². The Kier molecular flexibility index (Phi) is 7.82. The van der Waals surface area contributed by atoms with Crippen molar-refractivity contribution in [2.45, 2.75) is 38.1 Å².